The molecule has 0 bridgehead atoms. The fourth-order valence-corrected chi connectivity index (χ4v) is 5.16. The SMILES string of the molecule is Cc1ccc(C)c(S(=O)(=O)N2CCC(Cc3ccc(=O)[nH]c3)CC2)c1. The average Bonchev–Trinajstić information content (AvgIpc) is 2.59. The standard InChI is InChI=1S/C19H24N2O3S/c1-14-3-4-15(2)18(11-14)25(23,24)21-9-7-16(8-10-21)12-17-5-6-19(22)20-13-17/h3-6,11,13,16H,7-10,12H2,1-2H3,(H,20,22). The lowest BCUT2D eigenvalue weighted by atomic mass is 9.92. The highest BCUT2D eigenvalue weighted by atomic mass is 32.2. The Kier molecular flexibility index (Phi) is 5.11. The number of aromatic amines is 1. The van der Waals surface area contributed by atoms with Crippen LogP contribution < -0.4 is 5.56 Å². The zero-order valence-corrected chi connectivity index (χ0v) is 15.5. The number of nitrogens with one attached hydrogen (secondary N) is 1. The fraction of sp³-hybridized carbons (Fsp3) is 0.421. The van der Waals surface area contributed by atoms with Gasteiger partial charge in [0.2, 0.25) is 15.6 Å². The number of aryl methyl sites for hydroxylation is 2. The number of hydrogen-bond donors (Lipinski definition) is 1. The van der Waals surface area contributed by atoms with Crippen LogP contribution in [-0.4, -0.2) is 30.8 Å². The molecule has 5 nitrogen and oxygen atoms in total. The number of rotatable bonds is 4. The van der Waals surface area contributed by atoms with Crippen molar-refractivity contribution in [1.82, 2.24) is 9.29 Å². The third-order valence-electron chi connectivity index (χ3n) is 4.91. The molecule has 0 spiro atoms. The summed E-state index contributed by atoms with van der Waals surface area (Å²) in [4.78, 5) is 14.2. The summed E-state index contributed by atoms with van der Waals surface area (Å²) in [7, 11) is -3.43. The van der Waals surface area contributed by atoms with Gasteiger partial charge in [-0.3, -0.25) is 4.79 Å². The fourth-order valence-electron chi connectivity index (χ4n) is 3.38. The normalized spacial score (nSPS) is 16.9. The molecule has 0 unspecified atom stereocenters. The Labute approximate surface area is 148 Å². The van der Waals surface area contributed by atoms with E-state index >= 15 is 0 Å². The van der Waals surface area contributed by atoms with Crippen LogP contribution in [0.5, 0.6) is 0 Å². The van der Waals surface area contributed by atoms with Crippen molar-refractivity contribution in [2.24, 2.45) is 5.92 Å². The van der Waals surface area contributed by atoms with E-state index in [9.17, 15) is 13.2 Å². The predicted octanol–water partition coefficient (Wildman–Crippen LogP) is 2.64. The van der Waals surface area contributed by atoms with E-state index in [-0.39, 0.29) is 5.56 Å². The van der Waals surface area contributed by atoms with Gasteiger partial charge in [-0.2, -0.15) is 4.31 Å². The van der Waals surface area contributed by atoms with Crippen molar-refractivity contribution >= 4 is 10.0 Å². The Morgan fingerprint density at radius 3 is 2.48 bits per heavy atom. The maximum absolute atomic E-state index is 12.9. The van der Waals surface area contributed by atoms with Gasteiger partial charge < -0.3 is 4.98 Å². The third kappa shape index (κ3) is 4.02. The number of nitrogens with zero attached hydrogens (tertiary/aromatic N) is 1. The van der Waals surface area contributed by atoms with E-state index in [2.05, 4.69) is 4.98 Å². The van der Waals surface area contributed by atoms with Gasteiger partial charge in [-0.1, -0.05) is 18.2 Å². The van der Waals surface area contributed by atoms with Gasteiger partial charge in [0.25, 0.3) is 0 Å². The second-order valence-corrected chi connectivity index (χ2v) is 8.79. The van der Waals surface area contributed by atoms with Crippen molar-refractivity contribution in [3.8, 4) is 0 Å². The topological polar surface area (TPSA) is 70.2 Å². The van der Waals surface area contributed by atoms with Crippen molar-refractivity contribution in [3.05, 3.63) is 63.6 Å². The van der Waals surface area contributed by atoms with E-state index in [0.29, 0.717) is 23.9 Å². The minimum absolute atomic E-state index is 0.0989. The molecule has 1 aliphatic heterocycles. The van der Waals surface area contributed by atoms with Gasteiger partial charge in [-0.05, 0) is 61.8 Å². The van der Waals surface area contributed by atoms with Crippen LogP contribution in [0.25, 0.3) is 0 Å². The van der Waals surface area contributed by atoms with Crippen LogP contribution in [0, 0.1) is 19.8 Å². The summed E-state index contributed by atoms with van der Waals surface area (Å²) in [5, 5.41) is 0. The lowest BCUT2D eigenvalue weighted by molar-refractivity contribution is 0.272. The highest BCUT2D eigenvalue weighted by molar-refractivity contribution is 7.89. The number of hydrogen-bond acceptors (Lipinski definition) is 3. The van der Waals surface area contributed by atoms with Gasteiger partial charge >= 0.3 is 0 Å². The van der Waals surface area contributed by atoms with E-state index in [4.69, 9.17) is 0 Å². The van der Waals surface area contributed by atoms with E-state index in [1.54, 1.807) is 16.6 Å². The van der Waals surface area contributed by atoms with E-state index in [1.165, 1.54) is 6.07 Å². The first-order valence-corrected chi connectivity index (χ1v) is 10.1. The maximum Gasteiger partial charge on any atom is 0.247 e. The smallest absolute Gasteiger partial charge is 0.247 e. The second-order valence-electron chi connectivity index (χ2n) is 6.88. The predicted molar refractivity (Wildman–Crippen MR) is 98.2 cm³/mol. The number of benzene rings is 1. The molecule has 1 N–H and O–H groups in total. The van der Waals surface area contributed by atoms with Gasteiger partial charge in [-0.15, -0.1) is 0 Å². The molecule has 2 heterocycles. The summed E-state index contributed by atoms with van der Waals surface area (Å²) in [6, 6.07) is 8.94. The van der Waals surface area contributed by atoms with E-state index in [1.807, 2.05) is 32.0 Å². The Bertz CT molecular complexity index is 890. The first kappa shape index (κ1) is 17.9. The molecule has 1 saturated heterocycles. The summed E-state index contributed by atoms with van der Waals surface area (Å²) in [6.07, 6.45) is 4.29. The monoisotopic (exact) mass is 360 g/mol. The molecule has 134 valence electrons. The summed E-state index contributed by atoms with van der Waals surface area (Å²) in [5.41, 5.74) is 2.74. The number of aromatic nitrogens is 1. The molecular formula is C19H24N2O3S. The number of pyridine rings is 1. The summed E-state index contributed by atoms with van der Waals surface area (Å²) < 4.78 is 27.5. The molecule has 0 amide bonds. The summed E-state index contributed by atoms with van der Waals surface area (Å²) >= 11 is 0. The van der Waals surface area contributed by atoms with Crippen LogP contribution in [0.15, 0.2) is 46.2 Å². The van der Waals surface area contributed by atoms with Gasteiger partial charge in [0.05, 0.1) is 4.90 Å². The van der Waals surface area contributed by atoms with Gasteiger partial charge in [0, 0.05) is 25.4 Å². The largest absolute Gasteiger partial charge is 0.329 e. The number of sulfonamides is 1. The van der Waals surface area contributed by atoms with Gasteiger partial charge in [0.15, 0.2) is 0 Å². The maximum atomic E-state index is 12.9. The highest BCUT2D eigenvalue weighted by Gasteiger charge is 2.30. The van der Waals surface area contributed by atoms with Crippen molar-refractivity contribution in [1.29, 1.82) is 0 Å². The minimum atomic E-state index is -3.43. The van der Waals surface area contributed by atoms with Crippen LogP contribution in [-0.2, 0) is 16.4 Å². The average molecular weight is 360 g/mol. The number of piperidine rings is 1. The van der Waals surface area contributed by atoms with Crippen LogP contribution in [0.1, 0.15) is 29.5 Å². The zero-order valence-electron chi connectivity index (χ0n) is 14.7. The van der Waals surface area contributed by atoms with E-state index < -0.39 is 10.0 Å². The van der Waals surface area contributed by atoms with Crippen molar-refractivity contribution in [3.63, 3.8) is 0 Å². The molecule has 0 aliphatic carbocycles. The quantitative estimate of drug-likeness (QED) is 0.911. The Morgan fingerprint density at radius 1 is 1.12 bits per heavy atom. The third-order valence-corrected chi connectivity index (χ3v) is 6.95. The lowest BCUT2D eigenvalue weighted by Gasteiger charge is -2.31. The van der Waals surface area contributed by atoms with Crippen LogP contribution in [0.2, 0.25) is 0 Å². The molecule has 2 aromatic rings. The van der Waals surface area contributed by atoms with Crippen LogP contribution >= 0.6 is 0 Å². The molecule has 0 radical (unpaired) electrons. The zero-order chi connectivity index (χ0) is 18.0. The number of H-pyrrole nitrogens is 1. The molecular weight excluding hydrogens is 336 g/mol. The first-order valence-electron chi connectivity index (χ1n) is 8.61. The van der Waals surface area contributed by atoms with Crippen LogP contribution in [0.3, 0.4) is 0 Å². The van der Waals surface area contributed by atoms with Gasteiger partial charge in [-0.25, -0.2) is 8.42 Å². The summed E-state index contributed by atoms with van der Waals surface area (Å²) in [6.45, 7) is 4.84. The molecule has 0 saturated carbocycles. The van der Waals surface area contributed by atoms with Crippen LogP contribution in [0.4, 0.5) is 0 Å². The van der Waals surface area contributed by atoms with Crippen molar-refractivity contribution in [2.45, 2.75) is 38.0 Å². The molecule has 1 aromatic heterocycles. The molecule has 1 fully saturated rings. The Morgan fingerprint density at radius 2 is 1.84 bits per heavy atom. The molecule has 1 aromatic carbocycles. The molecule has 0 atom stereocenters. The summed E-state index contributed by atoms with van der Waals surface area (Å²) in [5.74, 6) is 0.441. The van der Waals surface area contributed by atoms with Crippen molar-refractivity contribution in [2.75, 3.05) is 13.1 Å². The van der Waals surface area contributed by atoms with E-state index in [0.717, 1.165) is 36.0 Å². The Hall–Kier alpha value is -1.92. The molecule has 1 aliphatic rings. The lowest BCUT2D eigenvalue weighted by Crippen LogP contribution is -2.39. The minimum Gasteiger partial charge on any atom is -0.329 e. The molecule has 3 rings (SSSR count). The Balaban J connectivity index is 1.68. The second kappa shape index (κ2) is 7.14. The van der Waals surface area contributed by atoms with Gasteiger partial charge in [0.1, 0.15) is 0 Å². The molecule has 25 heavy (non-hydrogen) atoms. The highest BCUT2D eigenvalue weighted by Crippen LogP contribution is 2.27. The first-order chi connectivity index (χ1) is 11.9. The molecule has 6 heteroatoms. The van der Waals surface area contributed by atoms with Crippen molar-refractivity contribution < 1.29 is 8.42 Å².